The van der Waals surface area contributed by atoms with E-state index < -0.39 is 16.0 Å². The molecule has 0 fully saturated rings. The number of rotatable bonds is 2. The number of hydrogen-bond acceptors (Lipinski definition) is 4. The summed E-state index contributed by atoms with van der Waals surface area (Å²) in [6.45, 7) is 0. The van der Waals surface area contributed by atoms with Crippen LogP contribution in [-0.4, -0.2) is 26.4 Å². The maximum Gasteiger partial charge on any atom is 0.237 e. The Labute approximate surface area is 72.0 Å². The van der Waals surface area contributed by atoms with Crippen LogP contribution in [0.1, 0.15) is 0 Å². The average molecular weight is 201 g/mol. The quantitative estimate of drug-likeness (QED) is 0.160. The minimum absolute atomic E-state index is 0.573. The summed E-state index contributed by atoms with van der Waals surface area (Å²) in [7, 11) is 0. The van der Waals surface area contributed by atoms with Crippen LogP contribution in [0.3, 0.4) is 0 Å². The number of oxime groups is 2. The van der Waals surface area contributed by atoms with Gasteiger partial charge in [-0.2, -0.15) is 0 Å². The van der Waals surface area contributed by atoms with E-state index in [0.717, 1.165) is 0 Å². The number of hydrogen-bond donors (Lipinski definition) is 4. The number of amidine groups is 2. The van der Waals surface area contributed by atoms with Crippen LogP contribution in [0, 0.1) is 0 Å². The summed E-state index contributed by atoms with van der Waals surface area (Å²) in [6.07, 6.45) is 0. The van der Waals surface area contributed by atoms with E-state index in [2.05, 4.69) is 10.3 Å². The van der Waals surface area contributed by atoms with E-state index in [9.17, 15) is 0 Å². The molecule has 0 aliphatic carbocycles. The molecule has 0 radical (unpaired) electrons. The van der Waals surface area contributed by atoms with Crippen molar-refractivity contribution in [2.24, 2.45) is 21.8 Å². The zero-order chi connectivity index (χ0) is 9.07. The van der Waals surface area contributed by atoms with Gasteiger partial charge < -0.3 is 21.9 Å². The third kappa shape index (κ3) is 2.02. The van der Waals surface area contributed by atoms with Crippen LogP contribution in [0.4, 0.5) is 0 Å². The van der Waals surface area contributed by atoms with Crippen LogP contribution in [0.2, 0.25) is 0 Å². The maximum atomic E-state index is 8.12. The Morgan fingerprint density at radius 2 is 1.36 bits per heavy atom. The van der Waals surface area contributed by atoms with Gasteiger partial charge >= 0.3 is 0 Å². The molecule has 0 aromatic carbocycles. The van der Waals surface area contributed by atoms with Crippen LogP contribution < -0.4 is 11.5 Å². The maximum absolute atomic E-state index is 8.12. The highest BCUT2D eigenvalue weighted by Crippen LogP contribution is 2.20. The normalized spacial score (nSPS) is 15.1. The highest BCUT2D eigenvalue weighted by Gasteiger charge is 2.35. The highest BCUT2D eigenvalue weighted by molar-refractivity contribution is 6.68. The van der Waals surface area contributed by atoms with Gasteiger partial charge in [0.1, 0.15) is 0 Å². The van der Waals surface area contributed by atoms with Gasteiger partial charge in [-0.25, -0.2) is 0 Å². The van der Waals surface area contributed by atoms with Gasteiger partial charge in [-0.3, -0.25) is 0 Å². The Morgan fingerprint density at radius 1 is 1.09 bits per heavy atom. The van der Waals surface area contributed by atoms with Gasteiger partial charge in [0.15, 0.2) is 11.7 Å². The van der Waals surface area contributed by atoms with Crippen LogP contribution >= 0.6 is 23.2 Å². The van der Waals surface area contributed by atoms with Crippen molar-refractivity contribution in [1.82, 2.24) is 0 Å². The van der Waals surface area contributed by atoms with Gasteiger partial charge in [0.05, 0.1) is 0 Å². The van der Waals surface area contributed by atoms with Crippen molar-refractivity contribution in [3.63, 3.8) is 0 Å². The second-order valence-electron chi connectivity index (χ2n) is 1.54. The van der Waals surface area contributed by atoms with Crippen molar-refractivity contribution >= 4 is 34.9 Å². The topological polar surface area (TPSA) is 117 Å². The summed E-state index contributed by atoms with van der Waals surface area (Å²) in [6, 6.07) is 0. The zero-order valence-electron chi connectivity index (χ0n) is 5.20. The van der Waals surface area contributed by atoms with Gasteiger partial charge in [0, 0.05) is 0 Å². The molecule has 8 heteroatoms. The van der Waals surface area contributed by atoms with Gasteiger partial charge in [0.25, 0.3) is 0 Å². The third-order valence-corrected chi connectivity index (χ3v) is 1.63. The van der Waals surface area contributed by atoms with Crippen LogP contribution in [0.5, 0.6) is 0 Å². The molecule has 0 amide bonds. The van der Waals surface area contributed by atoms with Crippen LogP contribution in [-0.2, 0) is 0 Å². The first kappa shape index (κ1) is 10.1. The molecule has 6 nitrogen and oxygen atoms in total. The highest BCUT2D eigenvalue weighted by atomic mass is 35.5. The fourth-order valence-electron chi connectivity index (χ4n) is 0.257. The van der Waals surface area contributed by atoms with E-state index in [1.54, 1.807) is 0 Å². The first-order valence-electron chi connectivity index (χ1n) is 2.30. The molecule has 0 aromatic heterocycles. The lowest BCUT2D eigenvalue weighted by molar-refractivity contribution is 0.314. The molecule has 0 saturated carbocycles. The predicted octanol–water partition coefficient (Wildman–Crippen LogP) is -0.347. The Balaban J connectivity index is 4.73. The Kier molecular flexibility index (Phi) is 3.21. The lowest BCUT2D eigenvalue weighted by atomic mass is 10.3. The zero-order valence-corrected chi connectivity index (χ0v) is 6.71. The van der Waals surface area contributed by atoms with E-state index in [1.165, 1.54) is 0 Å². The molecule has 6 N–H and O–H groups in total. The molecule has 11 heavy (non-hydrogen) atoms. The predicted molar refractivity (Wildman–Crippen MR) is 41.3 cm³/mol. The molecule has 0 rings (SSSR count). The molecule has 0 atom stereocenters. The Hall–Kier alpha value is -0.880. The Bertz CT molecular complexity index is 182. The lowest BCUT2D eigenvalue weighted by Crippen LogP contribution is -2.45. The van der Waals surface area contributed by atoms with Crippen molar-refractivity contribution in [2.75, 3.05) is 0 Å². The van der Waals surface area contributed by atoms with Crippen molar-refractivity contribution in [3.8, 4) is 0 Å². The summed E-state index contributed by atoms with van der Waals surface area (Å²) in [4.78, 5) is 0. The van der Waals surface area contributed by atoms with E-state index in [4.69, 9.17) is 45.1 Å². The number of nitrogens with zero attached hydrogens (tertiary/aromatic N) is 2. The molecular weight excluding hydrogens is 195 g/mol. The van der Waals surface area contributed by atoms with Gasteiger partial charge in [-0.1, -0.05) is 33.5 Å². The summed E-state index contributed by atoms with van der Waals surface area (Å²) in [5, 5.41) is 21.2. The number of halogens is 2. The van der Waals surface area contributed by atoms with E-state index >= 15 is 0 Å². The van der Waals surface area contributed by atoms with Crippen molar-refractivity contribution < 1.29 is 10.4 Å². The summed E-state index contributed by atoms with van der Waals surface area (Å²) in [5.74, 6) is -1.15. The molecule has 0 saturated heterocycles. The first-order chi connectivity index (χ1) is 4.96. The van der Waals surface area contributed by atoms with Gasteiger partial charge in [-0.05, 0) is 0 Å². The number of alkyl halides is 2. The molecule has 0 aromatic rings. The largest absolute Gasteiger partial charge is 0.409 e. The van der Waals surface area contributed by atoms with Crippen molar-refractivity contribution in [1.29, 1.82) is 0 Å². The Morgan fingerprint density at radius 3 is 1.55 bits per heavy atom. The summed E-state index contributed by atoms with van der Waals surface area (Å²) in [5.41, 5.74) is 9.98. The fourth-order valence-corrected chi connectivity index (χ4v) is 0.408. The SMILES string of the molecule is NC(=NO)C(Cl)(Cl)C(N)=NO. The van der Waals surface area contributed by atoms with Crippen molar-refractivity contribution in [2.45, 2.75) is 4.33 Å². The second kappa shape index (κ2) is 3.49. The average Bonchev–Trinajstić information content (AvgIpc) is 2.01. The molecular formula is C3H6Cl2N4O2. The summed E-state index contributed by atoms with van der Waals surface area (Å²) >= 11 is 10.7. The molecule has 0 aliphatic rings. The van der Waals surface area contributed by atoms with E-state index in [-0.39, 0.29) is 0 Å². The standard InChI is InChI=1S/C3H6Cl2N4O2/c4-3(5,1(6)8-10)2(7)9-11/h10-11H,(H2,6,8)(H2,7,9). The molecule has 0 bridgehead atoms. The fraction of sp³-hybridized carbons (Fsp3) is 0.333. The minimum atomic E-state index is -1.98. The first-order valence-corrected chi connectivity index (χ1v) is 3.06. The van der Waals surface area contributed by atoms with Crippen LogP contribution in [0.25, 0.3) is 0 Å². The smallest absolute Gasteiger partial charge is 0.237 e. The summed E-state index contributed by atoms with van der Waals surface area (Å²) < 4.78 is -1.98. The molecule has 0 spiro atoms. The molecule has 64 valence electrons. The molecule has 0 aliphatic heterocycles. The molecule has 0 unspecified atom stereocenters. The van der Waals surface area contributed by atoms with Crippen molar-refractivity contribution in [3.05, 3.63) is 0 Å². The monoisotopic (exact) mass is 200 g/mol. The molecule has 0 heterocycles. The number of nitrogens with two attached hydrogens (primary N) is 2. The third-order valence-electron chi connectivity index (χ3n) is 0.859. The van der Waals surface area contributed by atoms with Gasteiger partial charge in [-0.15, -0.1) is 0 Å². The minimum Gasteiger partial charge on any atom is -0.409 e. The van der Waals surface area contributed by atoms with Crippen LogP contribution in [0.15, 0.2) is 10.3 Å². The van der Waals surface area contributed by atoms with E-state index in [1.807, 2.05) is 0 Å². The lowest BCUT2D eigenvalue weighted by Gasteiger charge is -2.14. The van der Waals surface area contributed by atoms with E-state index in [0.29, 0.717) is 0 Å². The van der Waals surface area contributed by atoms with Gasteiger partial charge in [0.2, 0.25) is 4.33 Å². The second-order valence-corrected chi connectivity index (χ2v) is 2.87.